The SMILES string of the molecule is C=CC(=O)OC1CCC2(C)C(C=CC3C2CCC2(C)C3CC[C@@H]2C/C=C/[CH2-])C1.COO.[Pr]. The van der Waals surface area contributed by atoms with E-state index in [0.717, 1.165) is 36.5 Å². The molecule has 4 rings (SSSR count). The third kappa shape index (κ3) is 5.39. The number of allylic oxidation sites excluding steroid dienone is 4. The second-order valence-electron chi connectivity index (χ2n) is 10.5. The summed E-state index contributed by atoms with van der Waals surface area (Å²) in [6.45, 7) is 12.5. The Morgan fingerprint density at radius 2 is 1.81 bits per heavy atom. The molecule has 0 bridgehead atoms. The summed E-state index contributed by atoms with van der Waals surface area (Å²) < 4.78 is 5.61. The van der Waals surface area contributed by atoms with Gasteiger partial charge in [0, 0.05) is 47.4 Å². The van der Waals surface area contributed by atoms with Crippen molar-refractivity contribution in [2.24, 2.45) is 40.4 Å². The van der Waals surface area contributed by atoms with Gasteiger partial charge < -0.3 is 4.74 Å². The molecule has 32 heavy (non-hydrogen) atoms. The topological polar surface area (TPSA) is 55.8 Å². The first-order valence-electron chi connectivity index (χ1n) is 12.0. The van der Waals surface area contributed by atoms with Crippen molar-refractivity contribution in [1.29, 1.82) is 0 Å². The summed E-state index contributed by atoms with van der Waals surface area (Å²) in [5.74, 6) is 3.46. The van der Waals surface area contributed by atoms with E-state index in [4.69, 9.17) is 9.99 Å². The van der Waals surface area contributed by atoms with E-state index in [1.807, 2.05) is 6.08 Å². The smallest absolute Gasteiger partial charge is 0.330 e. The summed E-state index contributed by atoms with van der Waals surface area (Å²) in [6, 6.07) is 0. The third-order valence-corrected chi connectivity index (χ3v) is 9.35. The Hall–Kier alpha value is -0.156. The van der Waals surface area contributed by atoms with Gasteiger partial charge in [0.2, 0.25) is 0 Å². The number of carbonyl (C=O) groups excluding carboxylic acids is 1. The van der Waals surface area contributed by atoms with Crippen LogP contribution in [0.4, 0.5) is 0 Å². The first-order valence-corrected chi connectivity index (χ1v) is 12.0. The van der Waals surface area contributed by atoms with Crippen LogP contribution in [0.15, 0.2) is 37.0 Å². The minimum absolute atomic E-state index is 0. The minimum atomic E-state index is -0.270. The average Bonchev–Trinajstić information content (AvgIpc) is 3.09. The van der Waals surface area contributed by atoms with Crippen LogP contribution in [0.3, 0.4) is 0 Å². The molecule has 0 amide bonds. The van der Waals surface area contributed by atoms with Crippen LogP contribution < -0.4 is 0 Å². The number of rotatable bonds is 4. The second-order valence-corrected chi connectivity index (χ2v) is 10.5. The molecule has 3 fully saturated rings. The van der Waals surface area contributed by atoms with Crippen molar-refractivity contribution in [3.8, 4) is 0 Å². The van der Waals surface area contributed by atoms with Crippen molar-refractivity contribution in [3.63, 3.8) is 0 Å². The van der Waals surface area contributed by atoms with Gasteiger partial charge in [0.1, 0.15) is 6.10 Å². The zero-order valence-corrected chi connectivity index (χ0v) is 23.9. The Balaban J connectivity index is 0.000000860. The normalized spacial score (nSPS) is 41.9. The summed E-state index contributed by atoms with van der Waals surface area (Å²) in [6.07, 6.45) is 20.6. The Kier molecular flexibility index (Phi) is 10.5. The molecular formula is C27H41O4Pr-. The molecule has 0 spiro atoms. The van der Waals surface area contributed by atoms with Gasteiger partial charge in [0.05, 0.1) is 7.11 Å². The monoisotopic (exact) mass is 570 g/mol. The quantitative estimate of drug-likeness (QED) is 0.106. The van der Waals surface area contributed by atoms with Gasteiger partial charge in [-0.3, -0.25) is 5.26 Å². The number of esters is 1. The molecule has 3 saturated carbocycles. The largest absolute Gasteiger partial charge is 0.459 e. The Labute approximate surface area is 228 Å². The summed E-state index contributed by atoms with van der Waals surface area (Å²) >= 11 is 0. The van der Waals surface area contributed by atoms with E-state index in [-0.39, 0.29) is 53.4 Å². The van der Waals surface area contributed by atoms with Gasteiger partial charge in [-0.2, -0.15) is 0 Å². The van der Waals surface area contributed by atoms with Crippen molar-refractivity contribution >= 4 is 5.97 Å². The summed E-state index contributed by atoms with van der Waals surface area (Å²) in [5, 5.41) is 7.07. The van der Waals surface area contributed by atoms with Gasteiger partial charge in [-0.1, -0.05) is 45.4 Å². The summed E-state index contributed by atoms with van der Waals surface area (Å²) in [5.41, 5.74) is 0.855. The zero-order valence-electron chi connectivity index (χ0n) is 20.2. The van der Waals surface area contributed by atoms with Gasteiger partial charge >= 0.3 is 5.97 Å². The average molecular weight is 571 g/mol. The molecule has 177 valence electrons. The first-order chi connectivity index (χ1) is 14.8. The maximum Gasteiger partial charge on any atom is 0.330 e. The first kappa shape index (κ1) is 28.1. The summed E-state index contributed by atoms with van der Waals surface area (Å²) in [7, 11) is 1.18. The maximum absolute atomic E-state index is 11.6. The standard InChI is InChI=1S/C26H37O2.CH4O2.Pr/c1-5-7-8-18-10-12-22-21-11-9-19-17-20(28-24(27)6-2)13-15-26(19,4)23(21)14-16-25(18,22)3;1-3-2;/h5-7,9,11,18-23H,1-2,8,10,12-17H2,3-4H3;2H,1H3;/q-1;;/b7-5+;;/t18-,19?,20?,21?,22?,23?,25?,26?;;/m0../s1. The number of fused-ring (bicyclic) bond motifs is 5. The second kappa shape index (κ2) is 12.0. The van der Waals surface area contributed by atoms with E-state index in [1.165, 1.54) is 51.7 Å². The van der Waals surface area contributed by atoms with Gasteiger partial charge in [-0.15, -0.1) is 0 Å². The van der Waals surface area contributed by atoms with Crippen LogP contribution in [-0.2, 0) is 14.4 Å². The van der Waals surface area contributed by atoms with E-state index in [2.05, 4.69) is 50.5 Å². The van der Waals surface area contributed by atoms with Crippen LogP contribution in [0, 0.1) is 88.6 Å². The van der Waals surface area contributed by atoms with Crippen molar-refractivity contribution in [2.75, 3.05) is 7.11 Å². The number of carbonyl (C=O) groups is 1. The van der Waals surface area contributed by atoms with Crippen molar-refractivity contribution in [1.82, 2.24) is 0 Å². The molecule has 0 aromatic heterocycles. The Morgan fingerprint density at radius 1 is 1.16 bits per heavy atom. The zero-order chi connectivity index (χ0) is 22.6. The number of hydrogen-bond acceptors (Lipinski definition) is 4. The molecule has 5 heteroatoms. The van der Waals surface area contributed by atoms with Crippen molar-refractivity contribution in [3.05, 3.63) is 43.9 Å². The maximum atomic E-state index is 11.6. The molecular weight excluding hydrogens is 529 g/mol. The number of hydrogen-bond donors (Lipinski definition) is 1. The van der Waals surface area contributed by atoms with Crippen LogP contribution >= 0.6 is 0 Å². The van der Waals surface area contributed by atoms with Gasteiger partial charge in [-0.25, -0.2) is 28.8 Å². The fraction of sp³-hybridized carbons (Fsp3) is 0.704. The third-order valence-electron chi connectivity index (χ3n) is 9.35. The molecule has 4 aliphatic carbocycles. The Morgan fingerprint density at radius 3 is 2.47 bits per heavy atom. The van der Waals surface area contributed by atoms with Crippen LogP contribution in [0.1, 0.15) is 65.2 Å². The molecule has 0 heterocycles. The predicted molar refractivity (Wildman–Crippen MR) is 124 cm³/mol. The van der Waals surface area contributed by atoms with E-state index in [1.54, 1.807) is 0 Å². The van der Waals surface area contributed by atoms with Gasteiger partial charge in [0.15, 0.2) is 0 Å². The van der Waals surface area contributed by atoms with Gasteiger partial charge in [-0.05, 0) is 78.9 Å². The molecule has 0 saturated heterocycles. The molecule has 0 aromatic rings. The van der Waals surface area contributed by atoms with E-state index >= 15 is 0 Å². The van der Waals surface area contributed by atoms with Crippen LogP contribution in [0.5, 0.6) is 0 Å². The minimum Gasteiger partial charge on any atom is -0.459 e. The van der Waals surface area contributed by atoms with Crippen LogP contribution in [-0.4, -0.2) is 24.4 Å². The fourth-order valence-electron chi connectivity index (χ4n) is 7.66. The molecule has 0 aromatic carbocycles. The Bertz CT molecular complexity index is 704. The molecule has 1 radical (unpaired) electrons. The molecule has 4 nitrogen and oxygen atoms in total. The van der Waals surface area contributed by atoms with Crippen molar-refractivity contribution < 1.29 is 61.0 Å². The van der Waals surface area contributed by atoms with Crippen LogP contribution in [0.25, 0.3) is 0 Å². The van der Waals surface area contributed by atoms with E-state index in [9.17, 15) is 4.79 Å². The van der Waals surface area contributed by atoms with E-state index < -0.39 is 0 Å². The van der Waals surface area contributed by atoms with Crippen LogP contribution in [0.2, 0.25) is 0 Å². The van der Waals surface area contributed by atoms with Crippen molar-refractivity contribution in [2.45, 2.75) is 71.3 Å². The van der Waals surface area contributed by atoms with Gasteiger partial charge in [0.25, 0.3) is 0 Å². The van der Waals surface area contributed by atoms with E-state index in [0.29, 0.717) is 16.7 Å². The predicted octanol–water partition coefficient (Wildman–Crippen LogP) is 6.41. The molecule has 8 atom stereocenters. The molecule has 1 N–H and O–H groups in total. The molecule has 0 aliphatic heterocycles. The number of ether oxygens (including phenoxy) is 1. The fourth-order valence-corrected chi connectivity index (χ4v) is 7.66. The molecule has 7 unspecified atom stereocenters. The summed E-state index contributed by atoms with van der Waals surface area (Å²) in [4.78, 5) is 14.9. The molecule has 4 aliphatic rings.